The van der Waals surface area contributed by atoms with Crippen molar-refractivity contribution in [2.45, 2.75) is 48.6 Å². The zero-order valence-corrected chi connectivity index (χ0v) is 14.0. The molecule has 1 aromatic rings. The first-order valence-electron chi connectivity index (χ1n) is 7.92. The number of halogens is 2. The molecule has 3 rings (SSSR count). The normalized spacial score (nSPS) is 35.5. The lowest BCUT2D eigenvalue weighted by Crippen LogP contribution is -2.51. The Bertz CT molecular complexity index is 465. The van der Waals surface area contributed by atoms with Crippen LogP contribution in [-0.2, 0) is 0 Å². The van der Waals surface area contributed by atoms with Gasteiger partial charge in [-0.1, -0.05) is 0 Å². The Morgan fingerprint density at radius 1 is 1.27 bits per heavy atom. The van der Waals surface area contributed by atoms with Gasteiger partial charge in [-0.2, -0.15) is 0 Å². The monoisotopic (exact) mass is 347 g/mol. The van der Waals surface area contributed by atoms with Crippen LogP contribution in [0.4, 0.5) is 6.01 Å². The average molecular weight is 348 g/mol. The SMILES string of the molecule is NC(C1CCN(c2ncco2)CC1)C1CC(Cl)C(Cl)CC1O. The van der Waals surface area contributed by atoms with E-state index in [0.29, 0.717) is 24.8 Å². The molecule has 124 valence electrons. The van der Waals surface area contributed by atoms with E-state index in [-0.39, 0.29) is 22.7 Å². The van der Waals surface area contributed by atoms with E-state index < -0.39 is 6.10 Å². The van der Waals surface area contributed by atoms with Gasteiger partial charge in [-0.05, 0) is 31.6 Å². The molecule has 1 aliphatic heterocycles. The molecule has 2 fully saturated rings. The van der Waals surface area contributed by atoms with E-state index in [1.165, 1.54) is 0 Å². The van der Waals surface area contributed by atoms with Gasteiger partial charge in [0.05, 0.1) is 23.1 Å². The van der Waals surface area contributed by atoms with E-state index >= 15 is 0 Å². The Morgan fingerprint density at radius 2 is 1.95 bits per heavy atom. The van der Waals surface area contributed by atoms with Crippen LogP contribution < -0.4 is 10.6 Å². The van der Waals surface area contributed by atoms with E-state index in [4.69, 9.17) is 33.4 Å². The number of oxazole rings is 1. The van der Waals surface area contributed by atoms with Crippen LogP contribution in [0, 0.1) is 11.8 Å². The Labute approximate surface area is 140 Å². The highest BCUT2D eigenvalue weighted by Gasteiger charge is 2.40. The smallest absolute Gasteiger partial charge is 0.297 e. The zero-order valence-electron chi connectivity index (χ0n) is 12.4. The first-order chi connectivity index (χ1) is 10.6. The van der Waals surface area contributed by atoms with Crippen LogP contribution in [0.15, 0.2) is 16.9 Å². The summed E-state index contributed by atoms with van der Waals surface area (Å²) in [6, 6.07) is 0.641. The molecule has 3 N–H and O–H groups in total. The fourth-order valence-corrected chi connectivity index (χ4v) is 4.32. The summed E-state index contributed by atoms with van der Waals surface area (Å²) in [7, 11) is 0. The summed E-state index contributed by atoms with van der Waals surface area (Å²) in [6.45, 7) is 1.76. The van der Waals surface area contributed by atoms with Crippen LogP contribution in [0.5, 0.6) is 0 Å². The van der Waals surface area contributed by atoms with E-state index in [9.17, 15) is 5.11 Å². The number of rotatable bonds is 3. The van der Waals surface area contributed by atoms with Gasteiger partial charge < -0.3 is 20.2 Å². The van der Waals surface area contributed by atoms with Gasteiger partial charge in [-0.15, -0.1) is 23.2 Å². The maximum Gasteiger partial charge on any atom is 0.297 e. The number of aromatic nitrogens is 1. The summed E-state index contributed by atoms with van der Waals surface area (Å²) in [5, 5.41) is 10.0. The molecule has 0 bridgehead atoms. The van der Waals surface area contributed by atoms with Gasteiger partial charge in [0.2, 0.25) is 0 Å². The molecule has 2 aliphatic rings. The molecule has 0 spiro atoms. The second kappa shape index (κ2) is 6.95. The Hall–Kier alpha value is -0.490. The standard InChI is InChI=1S/C15H23Cl2N3O2/c16-11-7-10(13(21)8-12(11)17)14(18)9-1-4-20(5-2-9)15-19-3-6-22-15/h3,6,9-14,21H,1-2,4-5,7-8,18H2. The largest absolute Gasteiger partial charge is 0.432 e. The number of anilines is 1. The topological polar surface area (TPSA) is 75.5 Å². The van der Waals surface area contributed by atoms with Gasteiger partial charge in [-0.25, -0.2) is 4.98 Å². The van der Waals surface area contributed by atoms with Crippen molar-refractivity contribution in [2.75, 3.05) is 18.0 Å². The number of hydrogen-bond donors (Lipinski definition) is 2. The first kappa shape index (κ1) is 16.4. The van der Waals surface area contributed by atoms with Gasteiger partial charge in [0.15, 0.2) is 0 Å². The molecule has 1 saturated heterocycles. The van der Waals surface area contributed by atoms with E-state index in [1.807, 2.05) is 0 Å². The minimum atomic E-state index is -0.447. The van der Waals surface area contributed by atoms with Crippen LogP contribution in [0.1, 0.15) is 25.7 Å². The number of nitrogens with two attached hydrogens (primary N) is 1. The van der Waals surface area contributed by atoms with Gasteiger partial charge in [0, 0.05) is 25.0 Å². The molecule has 0 aromatic carbocycles. The average Bonchev–Trinajstić information content (AvgIpc) is 3.05. The first-order valence-corrected chi connectivity index (χ1v) is 8.79. The molecule has 5 atom stereocenters. The minimum Gasteiger partial charge on any atom is -0.432 e. The van der Waals surface area contributed by atoms with Crippen molar-refractivity contribution in [3.63, 3.8) is 0 Å². The lowest BCUT2D eigenvalue weighted by molar-refractivity contribution is 0.0434. The van der Waals surface area contributed by atoms with Crippen molar-refractivity contribution in [1.82, 2.24) is 4.98 Å². The third-order valence-electron chi connectivity index (χ3n) is 5.12. The Morgan fingerprint density at radius 3 is 2.59 bits per heavy atom. The summed E-state index contributed by atoms with van der Waals surface area (Å²) >= 11 is 12.4. The third-order valence-corrected chi connectivity index (χ3v) is 6.21. The molecule has 7 heteroatoms. The summed E-state index contributed by atoms with van der Waals surface area (Å²) < 4.78 is 5.34. The fourth-order valence-electron chi connectivity index (χ4n) is 3.73. The number of aliphatic hydroxyl groups is 1. The van der Waals surface area contributed by atoms with Crippen molar-refractivity contribution < 1.29 is 9.52 Å². The molecule has 1 aliphatic carbocycles. The molecule has 5 nitrogen and oxygen atoms in total. The lowest BCUT2D eigenvalue weighted by atomic mass is 9.74. The Balaban J connectivity index is 1.56. The number of nitrogens with zero attached hydrogens (tertiary/aromatic N) is 2. The molecule has 1 saturated carbocycles. The highest BCUT2D eigenvalue weighted by atomic mass is 35.5. The van der Waals surface area contributed by atoms with E-state index in [1.54, 1.807) is 12.5 Å². The van der Waals surface area contributed by atoms with Crippen molar-refractivity contribution in [3.05, 3.63) is 12.5 Å². The van der Waals surface area contributed by atoms with Gasteiger partial charge in [0.25, 0.3) is 6.01 Å². The fraction of sp³-hybridized carbons (Fsp3) is 0.800. The van der Waals surface area contributed by atoms with E-state index in [2.05, 4.69) is 9.88 Å². The van der Waals surface area contributed by atoms with Crippen molar-refractivity contribution in [2.24, 2.45) is 17.6 Å². The summed E-state index contributed by atoms with van der Waals surface area (Å²) in [6.07, 6.45) is 5.98. The maximum atomic E-state index is 10.3. The molecular weight excluding hydrogens is 325 g/mol. The quantitative estimate of drug-likeness (QED) is 0.819. The highest BCUT2D eigenvalue weighted by molar-refractivity contribution is 6.30. The van der Waals surface area contributed by atoms with Crippen LogP contribution in [0.3, 0.4) is 0 Å². The van der Waals surface area contributed by atoms with Crippen molar-refractivity contribution >= 4 is 29.2 Å². The van der Waals surface area contributed by atoms with Crippen LogP contribution in [0.2, 0.25) is 0 Å². The number of piperidine rings is 1. The second-order valence-electron chi connectivity index (χ2n) is 6.45. The lowest BCUT2D eigenvalue weighted by Gasteiger charge is -2.42. The number of alkyl halides is 2. The van der Waals surface area contributed by atoms with Gasteiger partial charge >= 0.3 is 0 Å². The molecular formula is C15H23Cl2N3O2. The minimum absolute atomic E-state index is 0.0351. The van der Waals surface area contributed by atoms with Crippen LogP contribution in [-0.4, -0.2) is 46.1 Å². The number of hydrogen-bond acceptors (Lipinski definition) is 5. The highest BCUT2D eigenvalue weighted by Crippen LogP contribution is 2.37. The predicted octanol–water partition coefficient (Wildman–Crippen LogP) is 2.20. The molecule has 0 amide bonds. The number of aliphatic hydroxyl groups excluding tert-OH is 1. The summed E-state index contributed by atoms with van der Waals surface area (Å²) in [5.41, 5.74) is 6.47. The summed E-state index contributed by atoms with van der Waals surface area (Å²) in [4.78, 5) is 6.32. The van der Waals surface area contributed by atoms with Crippen LogP contribution in [0.25, 0.3) is 0 Å². The molecule has 0 radical (unpaired) electrons. The van der Waals surface area contributed by atoms with Gasteiger partial charge in [0.1, 0.15) is 6.26 Å². The maximum absolute atomic E-state index is 10.3. The van der Waals surface area contributed by atoms with Gasteiger partial charge in [-0.3, -0.25) is 0 Å². The zero-order chi connectivity index (χ0) is 15.7. The Kier molecular flexibility index (Phi) is 5.17. The van der Waals surface area contributed by atoms with Crippen molar-refractivity contribution in [3.8, 4) is 0 Å². The molecule has 22 heavy (non-hydrogen) atoms. The predicted molar refractivity (Wildman–Crippen MR) is 87.4 cm³/mol. The van der Waals surface area contributed by atoms with Crippen LogP contribution >= 0.6 is 23.2 Å². The van der Waals surface area contributed by atoms with Crippen molar-refractivity contribution in [1.29, 1.82) is 0 Å². The third kappa shape index (κ3) is 3.37. The second-order valence-corrected chi connectivity index (χ2v) is 7.57. The molecule has 5 unspecified atom stereocenters. The summed E-state index contributed by atoms with van der Waals surface area (Å²) in [5.74, 6) is 0.428. The molecule has 1 aromatic heterocycles. The van der Waals surface area contributed by atoms with E-state index in [0.717, 1.165) is 25.9 Å². The molecule has 2 heterocycles.